The van der Waals surface area contributed by atoms with Crippen LogP contribution in [0, 0.1) is 0 Å². The fraction of sp³-hybridized carbons (Fsp3) is 0.667. The van der Waals surface area contributed by atoms with Crippen LogP contribution in [0.5, 0.6) is 0 Å². The molecule has 0 atom stereocenters. The second-order valence-electron chi connectivity index (χ2n) is 7.15. The van der Waals surface area contributed by atoms with E-state index in [9.17, 15) is 16.8 Å². The number of benzene rings is 1. The van der Waals surface area contributed by atoms with E-state index in [4.69, 9.17) is 22.3 Å². The highest BCUT2D eigenvalue weighted by Crippen LogP contribution is 2.26. The van der Waals surface area contributed by atoms with Gasteiger partial charge in [-0.15, -0.1) is 0 Å². The summed E-state index contributed by atoms with van der Waals surface area (Å²) in [5.74, 6) is 0. The largest absolute Gasteiger partial charge is 0.283 e. The smallest absolute Gasteiger partial charge is 0.235 e. The molecule has 2 aliphatic carbocycles. The normalized spacial score (nSPS) is 19.8. The van der Waals surface area contributed by atoms with E-state index in [0.717, 1.165) is 64.2 Å². The van der Waals surface area contributed by atoms with Gasteiger partial charge in [0.1, 0.15) is 0 Å². The van der Waals surface area contributed by atoms with Gasteiger partial charge in [0.25, 0.3) is 0 Å². The third kappa shape index (κ3) is 7.80. The fourth-order valence-electron chi connectivity index (χ4n) is 3.52. The van der Waals surface area contributed by atoms with Gasteiger partial charge in [0.05, 0.1) is 10.5 Å². The maximum Gasteiger partial charge on any atom is 0.235 e. The molecule has 0 aromatic heterocycles. The van der Waals surface area contributed by atoms with Crippen LogP contribution in [-0.4, -0.2) is 27.3 Å². The number of rotatable bonds is 4. The fourth-order valence-corrected chi connectivity index (χ4v) is 6.72. The predicted molar refractivity (Wildman–Crippen MR) is 113 cm³/mol. The van der Waals surface area contributed by atoms with Crippen molar-refractivity contribution in [2.45, 2.75) is 74.7 Å². The second-order valence-corrected chi connectivity index (χ2v) is 12.5. The molecule has 2 fully saturated rings. The molecule has 1 N–H and O–H groups in total. The Bertz CT molecular complexity index is 800. The Morgan fingerprint density at radius 2 is 1.33 bits per heavy atom. The zero-order valence-electron chi connectivity index (χ0n) is 15.2. The van der Waals surface area contributed by atoms with Gasteiger partial charge in [0.15, 0.2) is 0 Å². The molecule has 0 amide bonds. The summed E-state index contributed by atoms with van der Waals surface area (Å²) in [6.07, 6.45) is 9.35. The van der Waals surface area contributed by atoms with Gasteiger partial charge in [-0.1, -0.05) is 56.2 Å². The van der Waals surface area contributed by atoms with E-state index in [1.165, 1.54) is 0 Å². The quantitative estimate of drug-likeness (QED) is 0.624. The molecular weight excluding hydrogens is 429 g/mol. The van der Waals surface area contributed by atoms with Gasteiger partial charge in [0.2, 0.25) is 19.1 Å². The molecular formula is C18H27Cl2NO4S2. The lowest BCUT2D eigenvalue weighted by molar-refractivity contribution is 0.486. The molecule has 0 saturated heterocycles. The minimum absolute atomic E-state index is 0.254. The lowest BCUT2D eigenvalue weighted by atomic mass is 10.0. The number of hydrogen-bond donors (Lipinski definition) is 1. The first-order chi connectivity index (χ1) is 12.7. The molecule has 1 aromatic carbocycles. The Hall–Kier alpha value is -0.500. The first kappa shape index (κ1) is 22.8. The Labute approximate surface area is 172 Å². The van der Waals surface area contributed by atoms with Crippen LogP contribution in [0.15, 0.2) is 24.3 Å². The summed E-state index contributed by atoms with van der Waals surface area (Å²) in [6.45, 7) is 0. The second kappa shape index (κ2) is 10.3. The Morgan fingerprint density at radius 1 is 0.815 bits per heavy atom. The SMILES string of the molecule is O=S(=O)(Cl)C1CCCCC1.O=S(=O)(Nc1cccc(Cl)c1)C1CCCCC1. The molecule has 0 bridgehead atoms. The van der Waals surface area contributed by atoms with E-state index < -0.39 is 19.1 Å². The molecule has 1 aromatic rings. The van der Waals surface area contributed by atoms with Crippen molar-refractivity contribution in [1.29, 1.82) is 0 Å². The highest BCUT2D eigenvalue weighted by atomic mass is 35.7. The van der Waals surface area contributed by atoms with Crippen molar-refractivity contribution in [1.82, 2.24) is 0 Å². The Balaban J connectivity index is 0.000000223. The molecule has 27 heavy (non-hydrogen) atoms. The van der Waals surface area contributed by atoms with Crippen LogP contribution in [0.3, 0.4) is 0 Å². The van der Waals surface area contributed by atoms with E-state index in [2.05, 4.69) is 4.72 Å². The minimum Gasteiger partial charge on any atom is -0.283 e. The van der Waals surface area contributed by atoms with Crippen molar-refractivity contribution in [2.75, 3.05) is 4.72 Å². The number of anilines is 1. The van der Waals surface area contributed by atoms with Crippen molar-refractivity contribution in [3.8, 4) is 0 Å². The van der Waals surface area contributed by atoms with Crippen molar-refractivity contribution in [3.05, 3.63) is 29.3 Å². The van der Waals surface area contributed by atoms with Crippen LogP contribution < -0.4 is 4.72 Å². The van der Waals surface area contributed by atoms with Crippen LogP contribution in [0.1, 0.15) is 64.2 Å². The average Bonchev–Trinajstić information content (AvgIpc) is 2.63. The summed E-state index contributed by atoms with van der Waals surface area (Å²) in [5, 5.41) is 0.0204. The molecule has 5 nitrogen and oxygen atoms in total. The van der Waals surface area contributed by atoms with Crippen LogP contribution in [0.4, 0.5) is 5.69 Å². The Kier molecular flexibility index (Phi) is 8.71. The van der Waals surface area contributed by atoms with Gasteiger partial charge in [-0.05, 0) is 43.9 Å². The molecule has 0 radical (unpaired) electrons. The van der Waals surface area contributed by atoms with Crippen molar-refractivity contribution in [3.63, 3.8) is 0 Å². The van der Waals surface area contributed by atoms with E-state index in [1.807, 2.05) is 0 Å². The monoisotopic (exact) mass is 455 g/mol. The molecule has 2 saturated carbocycles. The summed E-state index contributed by atoms with van der Waals surface area (Å²) in [7, 11) is -1.33. The number of hydrogen-bond acceptors (Lipinski definition) is 4. The zero-order valence-corrected chi connectivity index (χ0v) is 18.4. The van der Waals surface area contributed by atoms with Gasteiger partial charge >= 0.3 is 0 Å². The van der Waals surface area contributed by atoms with Crippen LogP contribution in [0.25, 0.3) is 0 Å². The first-order valence-electron chi connectivity index (χ1n) is 9.39. The zero-order chi connectivity index (χ0) is 19.9. The van der Waals surface area contributed by atoms with Crippen LogP contribution in [0.2, 0.25) is 5.02 Å². The topological polar surface area (TPSA) is 80.3 Å². The molecule has 0 heterocycles. The number of halogens is 2. The standard InChI is InChI=1S/C12H16ClNO2S.C6H11ClO2S/c13-10-5-4-6-11(9-10)14-17(15,16)12-7-2-1-3-8-12;7-10(8,9)6-4-2-1-3-5-6/h4-6,9,12,14H,1-3,7-8H2;6H,1-5H2. The first-order valence-corrected chi connectivity index (χ1v) is 13.7. The van der Waals surface area contributed by atoms with Crippen LogP contribution in [-0.2, 0) is 19.1 Å². The summed E-state index contributed by atoms with van der Waals surface area (Å²) < 4.78 is 48.3. The third-order valence-electron chi connectivity index (χ3n) is 5.03. The molecule has 3 rings (SSSR count). The Morgan fingerprint density at radius 3 is 1.78 bits per heavy atom. The number of nitrogens with one attached hydrogen (secondary N) is 1. The van der Waals surface area contributed by atoms with Crippen molar-refractivity contribution in [2.24, 2.45) is 0 Å². The summed E-state index contributed by atoms with van der Waals surface area (Å²) in [5.41, 5.74) is 0.545. The number of sulfonamides is 1. The van der Waals surface area contributed by atoms with Gasteiger partial charge < -0.3 is 0 Å². The van der Waals surface area contributed by atoms with E-state index in [-0.39, 0.29) is 10.5 Å². The lowest BCUT2D eigenvalue weighted by Gasteiger charge is -2.22. The molecule has 9 heteroatoms. The molecule has 0 spiro atoms. The maximum absolute atomic E-state index is 12.1. The van der Waals surface area contributed by atoms with E-state index in [1.54, 1.807) is 24.3 Å². The highest BCUT2D eigenvalue weighted by molar-refractivity contribution is 8.14. The third-order valence-corrected chi connectivity index (χ3v) is 9.15. The van der Waals surface area contributed by atoms with Gasteiger partial charge in [-0.3, -0.25) is 4.72 Å². The van der Waals surface area contributed by atoms with Crippen LogP contribution >= 0.6 is 22.3 Å². The summed E-state index contributed by atoms with van der Waals surface area (Å²) >= 11 is 5.82. The van der Waals surface area contributed by atoms with Gasteiger partial charge in [0, 0.05) is 21.4 Å². The highest BCUT2D eigenvalue weighted by Gasteiger charge is 2.27. The molecule has 2 aliphatic rings. The average molecular weight is 456 g/mol. The van der Waals surface area contributed by atoms with E-state index in [0.29, 0.717) is 10.7 Å². The minimum atomic E-state index is -3.26. The van der Waals surface area contributed by atoms with Gasteiger partial charge in [-0.25, -0.2) is 16.8 Å². The van der Waals surface area contributed by atoms with Crippen molar-refractivity contribution >= 4 is 47.0 Å². The molecule has 0 aliphatic heterocycles. The van der Waals surface area contributed by atoms with Gasteiger partial charge in [-0.2, -0.15) is 0 Å². The predicted octanol–water partition coefficient (Wildman–Crippen LogP) is 5.30. The molecule has 0 unspecified atom stereocenters. The molecule has 154 valence electrons. The summed E-state index contributed by atoms with van der Waals surface area (Å²) in [4.78, 5) is 0. The maximum atomic E-state index is 12.1. The van der Waals surface area contributed by atoms with E-state index >= 15 is 0 Å². The lowest BCUT2D eigenvalue weighted by Crippen LogP contribution is -2.29. The van der Waals surface area contributed by atoms with Crippen molar-refractivity contribution < 1.29 is 16.8 Å². The summed E-state index contributed by atoms with van der Waals surface area (Å²) in [6, 6.07) is 6.80.